The van der Waals surface area contributed by atoms with Gasteiger partial charge < -0.3 is 5.32 Å². The maximum Gasteiger partial charge on any atom is 0.115 e. The maximum absolute atomic E-state index is 4.26. The highest BCUT2D eigenvalue weighted by Crippen LogP contribution is 2.36. The number of aromatic nitrogens is 2. The van der Waals surface area contributed by atoms with Crippen LogP contribution in [0.1, 0.15) is 48.5 Å². The molecule has 0 saturated carbocycles. The van der Waals surface area contributed by atoms with Crippen LogP contribution in [0.4, 0.5) is 0 Å². The Labute approximate surface area is 114 Å². The van der Waals surface area contributed by atoms with Crippen molar-refractivity contribution in [3.8, 4) is 0 Å². The summed E-state index contributed by atoms with van der Waals surface area (Å²) in [5.74, 6) is 0.674. The summed E-state index contributed by atoms with van der Waals surface area (Å²) in [5, 5.41) is 3.62. The molecule has 1 aliphatic carbocycles. The molecular weight excluding hydrogens is 234 g/mol. The molecule has 3 rings (SSSR count). The largest absolute Gasteiger partial charge is 0.304 e. The van der Waals surface area contributed by atoms with Crippen LogP contribution in [-0.2, 0) is 6.54 Å². The molecule has 3 nitrogen and oxygen atoms in total. The van der Waals surface area contributed by atoms with Crippen molar-refractivity contribution in [1.29, 1.82) is 0 Å². The zero-order valence-electron chi connectivity index (χ0n) is 11.2. The molecule has 98 valence electrons. The molecule has 0 bridgehead atoms. The Morgan fingerprint density at radius 2 is 2.00 bits per heavy atom. The monoisotopic (exact) mass is 253 g/mol. The maximum atomic E-state index is 4.26. The summed E-state index contributed by atoms with van der Waals surface area (Å²) < 4.78 is 0. The van der Waals surface area contributed by atoms with Crippen LogP contribution in [-0.4, -0.2) is 9.97 Å². The average Bonchev–Trinajstić information content (AvgIpc) is 2.48. The minimum atomic E-state index is 0.447. The number of nitrogens with one attached hydrogen (secondary N) is 1. The highest BCUT2D eigenvalue weighted by Gasteiger charge is 2.23. The minimum Gasteiger partial charge on any atom is -0.304 e. The Morgan fingerprint density at radius 1 is 1.16 bits per heavy atom. The van der Waals surface area contributed by atoms with Gasteiger partial charge in [-0.25, -0.2) is 9.97 Å². The molecule has 1 aromatic heterocycles. The second-order valence-electron chi connectivity index (χ2n) is 5.24. The highest BCUT2D eigenvalue weighted by molar-refractivity contribution is 5.34. The molecular formula is C16H19N3. The van der Waals surface area contributed by atoms with Gasteiger partial charge in [0.25, 0.3) is 0 Å². The third-order valence-electron chi connectivity index (χ3n) is 3.96. The van der Waals surface area contributed by atoms with Crippen LogP contribution in [0, 0.1) is 0 Å². The summed E-state index contributed by atoms with van der Waals surface area (Å²) in [6, 6.07) is 11.2. The lowest BCUT2D eigenvalue weighted by molar-refractivity contribution is 0.429. The summed E-state index contributed by atoms with van der Waals surface area (Å²) in [5.41, 5.74) is 4.00. The van der Waals surface area contributed by atoms with E-state index in [9.17, 15) is 0 Å². The van der Waals surface area contributed by atoms with Crippen molar-refractivity contribution in [2.24, 2.45) is 0 Å². The molecule has 1 aromatic carbocycles. The molecule has 0 amide bonds. The summed E-state index contributed by atoms with van der Waals surface area (Å²) in [7, 11) is 0. The van der Waals surface area contributed by atoms with Crippen molar-refractivity contribution in [3.05, 3.63) is 59.7 Å². The van der Waals surface area contributed by atoms with Crippen molar-refractivity contribution >= 4 is 0 Å². The number of hydrogen-bond acceptors (Lipinski definition) is 3. The van der Waals surface area contributed by atoms with Gasteiger partial charge in [-0.15, -0.1) is 0 Å². The molecule has 3 heteroatoms. The molecule has 1 heterocycles. The zero-order valence-corrected chi connectivity index (χ0v) is 11.2. The molecule has 0 aliphatic heterocycles. The molecule has 0 radical (unpaired) electrons. The Morgan fingerprint density at radius 3 is 2.79 bits per heavy atom. The third-order valence-corrected chi connectivity index (χ3v) is 3.96. The highest BCUT2D eigenvalue weighted by atomic mass is 14.9. The first-order valence-corrected chi connectivity index (χ1v) is 6.91. The van der Waals surface area contributed by atoms with Crippen molar-refractivity contribution < 1.29 is 0 Å². The van der Waals surface area contributed by atoms with E-state index in [1.54, 1.807) is 12.5 Å². The second-order valence-corrected chi connectivity index (χ2v) is 5.24. The molecule has 2 unspecified atom stereocenters. The van der Waals surface area contributed by atoms with Crippen LogP contribution >= 0.6 is 0 Å². The molecule has 1 N–H and O–H groups in total. The number of rotatable bonds is 3. The van der Waals surface area contributed by atoms with Gasteiger partial charge in [0.05, 0.1) is 5.69 Å². The average molecular weight is 253 g/mol. The van der Waals surface area contributed by atoms with Gasteiger partial charge in [0.1, 0.15) is 6.33 Å². The Kier molecular flexibility index (Phi) is 3.56. The fourth-order valence-electron chi connectivity index (χ4n) is 2.87. The van der Waals surface area contributed by atoms with E-state index in [-0.39, 0.29) is 0 Å². The van der Waals surface area contributed by atoms with Gasteiger partial charge in [0.15, 0.2) is 0 Å². The van der Waals surface area contributed by atoms with Crippen molar-refractivity contribution in [2.45, 2.75) is 38.3 Å². The first-order valence-electron chi connectivity index (χ1n) is 6.91. The summed E-state index contributed by atoms with van der Waals surface area (Å²) in [4.78, 5) is 8.21. The van der Waals surface area contributed by atoms with E-state index in [4.69, 9.17) is 0 Å². The fourth-order valence-corrected chi connectivity index (χ4v) is 2.87. The zero-order chi connectivity index (χ0) is 13.1. The van der Waals surface area contributed by atoms with E-state index in [2.05, 4.69) is 46.5 Å². The lowest BCUT2D eigenvalue weighted by Crippen LogP contribution is -2.26. The molecule has 2 aromatic rings. The van der Waals surface area contributed by atoms with E-state index < -0.39 is 0 Å². The van der Waals surface area contributed by atoms with Gasteiger partial charge >= 0.3 is 0 Å². The van der Waals surface area contributed by atoms with Gasteiger partial charge in [-0.1, -0.05) is 31.2 Å². The van der Waals surface area contributed by atoms with Crippen LogP contribution in [0.15, 0.2) is 42.9 Å². The van der Waals surface area contributed by atoms with Gasteiger partial charge in [-0.05, 0) is 36.0 Å². The fraction of sp³-hybridized carbons (Fsp3) is 0.375. The lowest BCUT2D eigenvalue weighted by Gasteiger charge is -2.30. The van der Waals surface area contributed by atoms with Gasteiger partial charge in [-0.2, -0.15) is 0 Å². The van der Waals surface area contributed by atoms with Crippen molar-refractivity contribution in [1.82, 2.24) is 15.3 Å². The van der Waals surface area contributed by atoms with E-state index in [1.165, 1.54) is 24.0 Å². The quantitative estimate of drug-likeness (QED) is 0.912. The molecule has 0 spiro atoms. The Hall–Kier alpha value is -1.74. The topological polar surface area (TPSA) is 37.8 Å². The number of fused-ring (bicyclic) bond motifs is 1. The van der Waals surface area contributed by atoms with Crippen LogP contribution in [0.25, 0.3) is 0 Å². The number of benzene rings is 1. The Bertz CT molecular complexity index is 539. The van der Waals surface area contributed by atoms with E-state index >= 15 is 0 Å². The first kappa shape index (κ1) is 12.3. The standard InChI is InChI=1S/C16H19N3/c1-12-6-7-16(15-5-3-2-4-14(12)15)18-10-13-8-9-17-11-19-13/h2-5,8-9,11-12,16,18H,6-7,10H2,1H3. The summed E-state index contributed by atoms with van der Waals surface area (Å²) >= 11 is 0. The summed E-state index contributed by atoms with van der Waals surface area (Å²) in [6.45, 7) is 3.12. The van der Waals surface area contributed by atoms with E-state index in [0.717, 1.165) is 12.2 Å². The van der Waals surface area contributed by atoms with Gasteiger partial charge in [0, 0.05) is 18.8 Å². The predicted octanol–water partition coefficient (Wildman–Crippen LogP) is 3.20. The number of hydrogen-bond donors (Lipinski definition) is 1. The third kappa shape index (κ3) is 2.66. The van der Waals surface area contributed by atoms with E-state index in [1.807, 2.05) is 6.07 Å². The normalized spacial score (nSPS) is 21.9. The molecule has 0 saturated heterocycles. The van der Waals surface area contributed by atoms with Crippen LogP contribution in [0.2, 0.25) is 0 Å². The first-order chi connectivity index (χ1) is 9.34. The molecule has 1 aliphatic rings. The van der Waals surface area contributed by atoms with Crippen LogP contribution < -0.4 is 5.32 Å². The van der Waals surface area contributed by atoms with E-state index in [0.29, 0.717) is 12.0 Å². The van der Waals surface area contributed by atoms with Crippen LogP contribution in [0.3, 0.4) is 0 Å². The van der Waals surface area contributed by atoms with Gasteiger partial charge in [0.2, 0.25) is 0 Å². The molecule has 19 heavy (non-hydrogen) atoms. The molecule has 0 fully saturated rings. The molecule has 2 atom stereocenters. The van der Waals surface area contributed by atoms with Crippen LogP contribution in [0.5, 0.6) is 0 Å². The number of nitrogens with zero attached hydrogens (tertiary/aromatic N) is 2. The van der Waals surface area contributed by atoms with Crippen molar-refractivity contribution in [2.75, 3.05) is 0 Å². The predicted molar refractivity (Wildman–Crippen MR) is 75.7 cm³/mol. The second kappa shape index (κ2) is 5.49. The lowest BCUT2D eigenvalue weighted by atomic mass is 9.81. The summed E-state index contributed by atoms with van der Waals surface area (Å²) in [6.07, 6.45) is 5.84. The minimum absolute atomic E-state index is 0.447. The smallest absolute Gasteiger partial charge is 0.115 e. The Balaban J connectivity index is 1.74. The SMILES string of the molecule is CC1CCC(NCc2ccncn2)c2ccccc21. The van der Waals surface area contributed by atoms with Crippen molar-refractivity contribution in [3.63, 3.8) is 0 Å². The van der Waals surface area contributed by atoms with Gasteiger partial charge in [-0.3, -0.25) is 0 Å².